The van der Waals surface area contributed by atoms with Crippen LogP contribution in [0.2, 0.25) is 0 Å². The third-order valence-electron chi connectivity index (χ3n) is 12.2. The fraction of sp³-hybridized carbons (Fsp3) is 0.907. The molecule has 66 heavy (non-hydrogen) atoms. The highest BCUT2D eigenvalue weighted by Crippen LogP contribution is 2.43. The molecule has 0 amide bonds. The number of carbonyl (C=O) groups is 3. The monoisotopic (exact) mass is 959 g/mol. The van der Waals surface area contributed by atoms with Gasteiger partial charge in [-0.15, -0.1) is 0 Å². The zero-order chi connectivity index (χ0) is 48.4. The summed E-state index contributed by atoms with van der Waals surface area (Å²) in [6, 6.07) is 0. The van der Waals surface area contributed by atoms with Crippen molar-refractivity contribution in [3.8, 4) is 0 Å². The van der Waals surface area contributed by atoms with Gasteiger partial charge in [0.2, 0.25) is 0 Å². The molecule has 0 bridgehead atoms. The Morgan fingerprint density at radius 1 is 0.409 bits per heavy atom. The van der Waals surface area contributed by atoms with Crippen LogP contribution in [0, 0.1) is 0 Å². The summed E-state index contributed by atoms with van der Waals surface area (Å²) >= 11 is 0. The Morgan fingerprint density at radius 2 is 0.697 bits per heavy atom. The number of unbranched alkanes of at least 4 members (excludes halogenated alkanes) is 33. The maximum Gasteiger partial charge on any atom is 0.472 e. The van der Waals surface area contributed by atoms with E-state index in [1.54, 1.807) is 0 Å². The Bertz CT molecular complexity index is 1160. The first kappa shape index (κ1) is 64.2. The quantitative estimate of drug-likeness (QED) is 0.0197. The lowest BCUT2D eigenvalue weighted by Gasteiger charge is -2.21. The first-order chi connectivity index (χ1) is 32.2. The summed E-state index contributed by atoms with van der Waals surface area (Å²) in [6.45, 7) is 4.65. The molecule has 390 valence electrons. The summed E-state index contributed by atoms with van der Waals surface area (Å²) in [5, 5.41) is 9.77. The molecule has 12 heteroatoms. The van der Waals surface area contributed by atoms with Crippen molar-refractivity contribution in [2.75, 3.05) is 26.4 Å². The molecule has 0 fully saturated rings. The molecule has 0 aromatic carbocycles. The second-order valence-corrected chi connectivity index (χ2v) is 20.2. The van der Waals surface area contributed by atoms with Crippen molar-refractivity contribution >= 4 is 25.7 Å². The number of aliphatic hydroxyl groups excluding tert-OH is 1. The molecular formula is C54H103O11P. The number of hydrogen-bond acceptors (Lipinski definition) is 10. The number of phosphoric acid groups is 1. The third-order valence-corrected chi connectivity index (χ3v) is 13.1. The summed E-state index contributed by atoms with van der Waals surface area (Å²) in [5.74, 6) is -1.45. The van der Waals surface area contributed by atoms with Gasteiger partial charge in [0.05, 0.1) is 19.8 Å². The molecule has 0 radical (unpaired) electrons. The molecule has 0 aliphatic carbocycles. The lowest BCUT2D eigenvalue weighted by Crippen LogP contribution is -2.30. The van der Waals surface area contributed by atoms with Crippen molar-refractivity contribution in [3.05, 3.63) is 12.2 Å². The van der Waals surface area contributed by atoms with Crippen LogP contribution in [-0.4, -0.2) is 66.5 Å². The topological polar surface area (TPSA) is 155 Å². The minimum Gasteiger partial charge on any atom is -0.462 e. The van der Waals surface area contributed by atoms with E-state index in [2.05, 4.69) is 32.9 Å². The number of allylic oxidation sites excluding steroid dienone is 2. The number of phosphoric ester groups is 1. The van der Waals surface area contributed by atoms with Gasteiger partial charge in [-0.25, -0.2) is 4.57 Å². The van der Waals surface area contributed by atoms with Gasteiger partial charge in [-0.3, -0.25) is 23.4 Å². The average Bonchev–Trinajstić information content (AvgIpc) is 3.30. The van der Waals surface area contributed by atoms with E-state index in [1.165, 1.54) is 141 Å². The van der Waals surface area contributed by atoms with E-state index >= 15 is 0 Å². The highest BCUT2D eigenvalue weighted by molar-refractivity contribution is 7.47. The summed E-state index contributed by atoms with van der Waals surface area (Å²) in [4.78, 5) is 48.3. The van der Waals surface area contributed by atoms with Crippen LogP contribution in [0.1, 0.15) is 278 Å². The van der Waals surface area contributed by atoms with E-state index in [1.807, 2.05) is 0 Å². The average molecular weight is 959 g/mol. The van der Waals surface area contributed by atoms with E-state index in [-0.39, 0.29) is 25.9 Å². The second kappa shape index (κ2) is 49.6. The van der Waals surface area contributed by atoms with E-state index < -0.39 is 57.8 Å². The lowest BCUT2D eigenvalue weighted by molar-refractivity contribution is -0.161. The first-order valence-electron chi connectivity index (χ1n) is 27.6. The summed E-state index contributed by atoms with van der Waals surface area (Å²) in [5.41, 5.74) is 0. The number of aliphatic hydroxyl groups is 1. The molecule has 0 spiro atoms. The molecule has 0 aromatic rings. The van der Waals surface area contributed by atoms with Crippen LogP contribution >= 0.6 is 7.82 Å². The van der Waals surface area contributed by atoms with Gasteiger partial charge in [0.1, 0.15) is 12.7 Å². The van der Waals surface area contributed by atoms with Crippen LogP contribution < -0.4 is 0 Å². The number of esters is 3. The first-order valence-corrected chi connectivity index (χ1v) is 29.1. The SMILES string of the molecule is CCCCCC/C=C\CCCCCCCC(=O)OCC(COP(=O)(O)OCC(CO)OC(=O)CCCCCCCCCCCCC)OC(=O)CCCCCCCCCCCCCCCCC. The predicted molar refractivity (Wildman–Crippen MR) is 270 cm³/mol. The maximum atomic E-state index is 12.9. The molecule has 2 N–H and O–H groups in total. The molecule has 11 nitrogen and oxygen atoms in total. The van der Waals surface area contributed by atoms with Crippen LogP contribution in [0.15, 0.2) is 12.2 Å². The van der Waals surface area contributed by atoms with Gasteiger partial charge in [0.15, 0.2) is 6.10 Å². The third kappa shape index (κ3) is 47.3. The molecule has 3 unspecified atom stereocenters. The zero-order valence-corrected chi connectivity index (χ0v) is 43.8. The Labute approximate surface area is 405 Å². The molecule has 0 saturated heterocycles. The van der Waals surface area contributed by atoms with Crippen molar-refractivity contribution in [1.82, 2.24) is 0 Å². The van der Waals surface area contributed by atoms with Gasteiger partial charge in [-0.05, 0) is 44.9 Å². The van der Waals surface area contributed by atoms with Crippen molar-refractivity contribution in [3.63, 3.8) is 0 Å². The van der Waals surface area contributed by atoms with Gasteiger partial charge < -0.3 is 24.2 Å². The van der Waals surface area contributed by atoms with Crippen molar-refractivity contribution in [1.29, 1.82) is 0 Å². The van der Waals surface area contributed by atoms with Crippen LogP contribution in [0.25, 0.3) is 0 Å². The van der Waals surface area contributed by atoms with Gasteiger partial charge in [0, 0.05) is 19.3 Å². The molecule has 0 aliphatic heterocycles. The Hall–Kier alpha value is -1.78. The minimum atomic E-state index is -4.73. The van der Waals surface area contributed by atoms with Crippen LogP contribution in [0.5, 0.6) is 0 Å². The molecule has 0 saturated carbocycles. The van der Waals surface area contributed by atoms with E-state index in [0.29, 0.717) is 19.3 Å². The van der Waals surface area contributed by atoms with Crippen LogP contribution in [0.4, 0.5) is 0 Å². The summed E-state index contributed by atoms with van der Waals surface area (Å²) in [7, 11) is -4.73. The summed E-state index contributed by atoms with van der Waals surface area (Å²) in [6.07, 6.45) is 46.0. The Morgan fingerprint density at radius 3 is 1.06 bits per heavy atom. The van der Waals surface area contributed by atoms with Gasteiger partial charge in [-0.1, -0.05) is 226 Å². The number of rotatable bonds is 52. The molecule has 3 atom stereocenters. The van der Waals surface area contributed by atoms with Crippen molar-refractivity contribution in [2.45, 2.75) is 290 Å². The molecule has 0 aromatic heterocycles. The van der Waals surface area contributed by atoms with E-state index in [4.69, 9.17) is 23.3 Å². The van der Waals surface area contributed by atoms with Crippen molar-refractivity contribution in [2.24, 2.45) is 0 Å². The smallest absolute Gasteiger partial charge is 0.462 e. The molecule has 0 rings (SSSR count). The molecule has 0 heterocycles. The maximum absolute atomic E-state index is 12.9. The highest BCUT2D eigenvalue weighted by Gasteiger charge is 2.28. The van der Waals surface area contributed by atoms with Gasteiger partial charge >= 0.3 is 25.7 Å². The predicted octanol–water partition coefficient (Wildman–Crippen LogP) is 15.7. The van der Waals surface area contributed by atoms with Crippen molar-refractivity contribution < 1.29 is 52.2 Å². The number of carbonyl (C=O) groups excluding carboxylic acids is 3. The second-order valence-electron chi connectivity index (χ2n) is 18.8. The number of ether oxygens (including phenoxy) is 3. The zero-order valence-electron chi connectivity index (χ0n) is 42.9. The normalized spacial score (nSPS) is 13.5. The van der Waals surface area contributed by atoms with E-state index in [0.717, 1.165) is 77.0 Å². The van der Waals surface area contributed by atoms with Crippen LogP contribution in [-0.2, 0) is 42.2 Å². The molecule has 0 aliphatic rings. The number of hydrogen-bond donors (Lipinski definition) is 2. The van der Waals surface area contributed by atoms with E-state index in [9.17, 15) is 28.9 Å². The minimum absolute atomic E-state index is 0.174. The molecular weight excluding hydrogens is 856 g/mol. The Balaban J connectivity index is 4.70. The largest absolute Gasteiger partial charge is 0.472 e. The van der Waals surface area contributed by atoms with Gasteiger partial charge in [0.25, 0.3) is 0 Å². The lowest BCUT2D eigenvalue weighted by atomic mass is 10.0. The standard InChI is InChI=1S/C54H103O11P/c1-4-7-10-13-16-19-22-24-25-27-30-33-36-39-42-45-54(58)65-51(47-61-52(56)43-40-37-34-31-29-26-23-20-17-14-11-8-5-2)49-63-66(59,60)62-48-50(46-55)64-53(57)44-41-38-35-32-28-21-18-15-12-9-6-3/h20,23,50-51,55H,4-19,21-22,24-49H2,1-3H3,(H,59,60)/b23-20-. The van der Waals surface area contributed by atoms with Crippen LogP contribution in [0.3, 0.4) is 0 Å². The van der Waals surface area contributed by atoms with Gasteiger partial charge in [-0.2, -0.15) is 0 Å². The fourth-order valence-electron chi connectivity index (χ4n) is 7.94. The summed E-state index contributed by atoms with van der Waals surface area (Å²) < 4.78 is 39.4. The fourth-order valence-corrected chi connectivity index (χ4v) is 8.72. The highest BCUT2D eigenvalue weighted by atomic mass is 31.2. The Kier molecular flexibility index (Phi) is 48.3.